The zero-order valence-corrected chi connectivity index (χ0v) is 11.6. The first-order valence-corrected chi connectivity index (χ1v) is 6.88. The predicted octanol–water partition coefficient (Wildman–Crippen LogP) is 2.92. The minimum Gasteiger partial charge on any atom is -0.330 e. The summed E-state index contributed by atoms with van der Waals surface area (Å²) in [5.74, 6) is 0. The van der Waals surface area contributed by atoms with Gasteiger partial charge in [0.15, 0.2) is 0 Å². The third-order valence-electron chi connectivity index (χ3n) is 4.75. The molecule has 96 valence electrons. The highest BCUT2D eigenvalue weighted by Crippen LogP contribution is 2.62. The summed E-state index contributed by atoms with van der Waals surface area (Å²) in [5.41, 5.74) is 6.42. The molecule has 2 heteroatoms. The summed E-state index contributed by atoms with van der Waals surface area (Å²) >= 11 is 0. The highest BCUT2D eigenvalue weighted by molar-refractivity contribution is 5.17. The van der Waals surface area contributed by atoms with Gasteiger partial charge in [-0.3, -0.25) is 0 Å². The van der Waals surface area contributed by atoms with Crippen LogP contribution in [0.1, 0.15) is 59.8 Å². The van der Waals surface area contributed by atoms with Crippen LogP contribution >= 0.6 is 0 Å². The Bertz CT molecular complexity index is 195. The summed E-state index contributed by atoms with van der Waals surface area (Å²) in [4.78, 5) is 0. The Hall–Kier alpha value is -0.0800. The molecule has 0 aromatic heterocycles. The Morgan fingerprint density at radius 3 is 1.88 bits per heavy atom. The van der Waals surface area contributed by atoms with Crippen molar-refractivity contribution in [3.63, 3.8) is 0 Å². The van der Waals surface area contributed by atoms with Crippen molar-refractivity contribution in [2.24, 2.45) is 16.6 Å². The Morgan fingerprint density at radius 1 is 0.875 bits per heavy atom. The molecule has 1 fully saturated rings. The summed E-state index contributed by atoms with van der Waals surface area (Å²) in [6, 6.07) is 0.712. The molecule has 0 heterocycles. The van der Waals surface area contributed by atoms with E-state index >= 15 is 0 Å². The van der Waals surface area contributed by atoms with Crippen molar-refractivity contribution in [3.05, 3.63) is 0 Å². The van der Waals surface area contributed by atoms with E-state index in [4.69, 9.17) is 5.73 Å². The van der Waals surface area contributed by atoms with Crippen molar-refractivity contribution in [2.75, 3.05) is 13.1 Å². The fourth-order valence-electron chi connectivity index (χ4n) is 2.75. The third-order valence-corrected chi connectivity index (χ3v) is 4.75. The molecule has 3 N–H and O–H groups in total. The van der Waals surface area contributed by atoms with Gasteiger partial charge < -0.3 is 11.1 Å². The molecule has 0 amide bonds. The van der Waals surface area contributed by atoms with Crippen molar-refractivity contribution in [3.8, 4) is 0 Å². The third kappa shape index (κ3) is 2.98. The van der Waals surface area contributed by atoms with Gasteiger partial charge in [0.25, 0.3) is 0 Å². The van der Waals surface area contributed by atoms with Gasteiger partial charge in [-0.1, -0.05) is 47.0 Å². The second-order valence-electron chi connectivity index (χ2n) is 6.39. The number of nitrogens with two attached hydrogens (primary N) is 1. The van der Waals surface area contributed by atoms with E-state index in [0.29, 0.717) is 16.9 Å². The van der Waals surface area contributed by atoms with E-state index in [1.165, 1.54) is 38.6 Å². The maximum Gasteiger partial charge on any atom is 0.0181 e. The van der Waals surface area contributed by atoms with Crippen LogP contribution in [0.25, 0.3) is 0 Å². The molecule has 0 aromatic rings. The lowest BCUT2D eigenvalue weighted by molar-refractivity contribution is 0.457. The molecular formula is C14H30N2. The standard InChI is InChI=1S/C14H30N2/c1-13(2)12(14(13,3)4)16-11-9-7-5-6-8-10-15/h12,16H,5-11,15H2,1-4H3. The number of hydrogen-bond donors (Lipinski definition) is 2. The van der Waals surface area contributed by atoms with E-state index in [2.05, 4.69) is 33.0 Å². The Labute approximate surface area is 101 Å². The van der Waals surface area contributed by atoms with Gasteiger partial charge in [-0.05, 0) is 36.8 Å². The van der Waals surface area contributed by atoms with E-state index in [1.54, 1.807) is 0 Å². The molecule has 1 aliphatic rings. The summed E-state index contributed by atoms with van der Waals surface area (Å²) in [7, 11) is 0. The molecular weight excluding hydrogens is 196 g/mol. The molecule has 0 atom stereocenters. The topological polar surface area (TPSA) is 38.0 Å². The predicted molar refractivity (Wildman–Crippen MR) is 71.5 cm³/mol. The number of hydrogen-bond acceptors (Lipinski definition) is 2. The molecule has 1 saturated carbocycles. The minimum atomic E-state index is 0.479. The molecule has 1 rings (SSSR count). The maximum atomic E-state index is 5.46. The van der Waals surface area contributed by atoms with Crippen LogP contribution in [-0.2, 0) is 0 Å². The van der Waals surface area contributed by atoms with Gasteiger partial charge in [-0.15, -0.1) is 0 Å². The van der Waals surface area contributed by atoms with Gasteiger partial charge in [0.05, 0.1) is 0 Å². The summed E-state index contributed by atoms with van der Waals surface area (Å²) in [6.45, 7) is 11.5. The molecule has 16 heavy (non-hydrogen) atoms. The van der Waals surface area contributed by atoms with Gasteiger partial charge in [-0.25, -0.2) is 0 Å². The molecule has 2 nitrogen and oxygen atoms in total. The zero-order valence-electron chi connectivity index (χ0n) is 11.6. The first kappa shape index (κ1) is 14.0. The normalized spacial score (nSPS) is 22.3. The summed E-state index contributed by atoms with van der Waals surface area (Å²) < 4.78 is 0. The van der Waals surface area contributed by atoms with Gasteiger partial charge >= 0.3 is 0 Å². The molecule has 0 bridgehead atoms. The molecule has 0 aliphatic heterocycles. The average molecular weight is 226 g/mol. The van der Waals surface area contributed by atoms with E-state index < -0.39 is 0 Å². The van der Waals surface area contributed by atoms with Crippen LogP contribution in [0.2, 0.25) is 0 Å². The van der Waals surface area contributed by atoms with Crippen LogP contribution in [0.5, 0.6) is 0 Å². The Morgan fingerprint density at radius 2 is 1.38 bits per heavy atom. The second-order valence-corrected chi connectivity index (χ2v) is 6.39. The van der Waals surface area contributed by atoms with Gasteiger partial charge in [0.1, 0.15) is 0 Å². The smallest absolute Gasteiger partial charge is 0.0181 e. The zero-order chi connectivity index (χ0) is 12.2. The first-order chi connectivity index (χ1) is 7.44. The second kappa shape index (κ2) is 5.50. The lowest BCUT2D eigenvalue weighted by atomic mass is 10.0. The number of unbranched alkanes of at least 4 members (excludes halogenated alkanes) is 4. The number of nitrogens with one attached hydrogen (secondary N) is 1. The highest BCUT2D eigenvalue weighted by atomic mass is 15.0. The van der Waals surface area contributed by atoms with Crippen LogP contribution in [0, 0.1) is 10.8 Å². The van der Waals surface area contributed by atoms with Crippen LogP contribution < -0.4 is 11.1 Å². The molecule has 0 aromatic carbocycles. The minimum absolute atomic E-state index is 0.479. The van der Waals surface area contributed by atoms with E-state index in [-0.39, 0.29) is 0 Å². The number of rotatable bonds is 8. The van der Waals surface area contributed by atoms with Crippen LogP contribution in [0.15, 0.2) is 0 Å². The van der Waals surface area contributed by atoms with Crippen molar-refractivity contribution in [1.29, 1.82) is 0 Å². The van der Waals surface area contributed by atoms with Crippen molar-refractivity contribution >= 4 is 0 Å². The van der Waals surface area contributed by atoms with Crippen molar-refractivity contribution < 1.29 is 0 Å². The lowest BCUT2D eigenvalue weighted by Gasteiger charge is -2.06. The quantitative estimate of drug-likeness (QED) is 0.625. The van der Waals surface area contributed by atoms with Crippen LogP contribution in [0.4, 0.5) is 0 Å². The Balaban J connectivity index is 1.97. The van der Waals surface area contributed by atoms with Crippen molar-refractivity contribution in [1.82, 2.24) is 5.32 Å². The summed E-state index contributed by atoms with van der Waals surface area (Å²) in [6.07, 6.45) is 6.50. The van der Waals surface area contributed by atoms with E-state index in [1.807, 2.05) is 0 Å². The fraction of sp³-hybridized carbons (Fsp3) is 1.00. The highest BCUT2D eigenvalue weighted by Gasteiger charge is 2.64. The van der Waals surface area contributed by atoms with E-state index in [9.17, 15) is 0 Å². The Kier molecular flexibility index (Phi) is 4.81. The van der Waals surface area contributed by atoms with Crippen molar-refractivity contribution in [2.45, 2.75) is 65.8 Å². The van der Waals surface area contributed by atoms with Crippen LogP contribution in [0.3, 0.4) is 0 Å². The largest absolute Gasteiger partial charge is 0.330 e. The van der Waals surface area contributed by atoms with Gasteiger partial charge in [0, 0.05) is 6.04 Å². The maximum absolute atomic E-state index is 5.46. The molecule has 0 unspecified atom stereocenters. The van der Waals surface area contributed by atoms with Gasteiger partial charge in [0.2, 0.25) is 0 Å². The SMILES string of the molecule is CC1(C)C(NCCCCCCCN)C1(C)C. The molecule has 0 radical (unpaired) electrons. The molecule has 0 saturated heterocycles. The average Bonchev–Trinajstić information content (AvgIpc) is 2.58. The van der Waals surface area contributed by atoms with Gasteiger partial charge in [-0.2, -0.15) is 0 Å². The lowest BCUT2D eigenvalue weighted by Crippen LogP contribution is -2.23. The first-order valence-electron chi connectivity index (χ1n) is 6.88. The molecule has 1 aliphatic carbocycles. The fourth-order valence-corrected chi connectivity index (χ4v) is 2.75. The van der Waals surface area contributed by atoms with E-state index in [0.717, 1.165) is 6.54 Å². The summed E-state index contributed by atoms with van der Waals surface area (Å²) in [5, 5.41) is 3.70. The van der Waals surface area contributed by atoms with Crippen LogP contribution in [-0.4, -0.2) is 19.1 Å². The molecule has 0 spiro atoms. The monoisotopic (exact) mass is 226 g/mol.